The van der Waals surface area contributed by atoms with Gasteiger partial charge < -0.3 is 10.8 Å². The van der Waals surface area contributed by atoms with Crippen LogP contribution < -0.4 is 5.73 Å². The second kappa shape index (κ2) is 5.46. The van der Waals surface area contributed by atoms with Gasteiger partial charge in [-0.15, -0.1) is 0 Å². The van der Waals surface area contributed by atoms with Gasteiger partial charge in [0.25, 0.3) is 0 Å². The highest BCUT2D eigenvalue weighted by atomic mass is 32.2. The van der Waals surface area contributed by atoms with Crippen molar-refractivity contribution in [3.8, 4) is 0 Å². The van der Waals surface area contributed by atoms with Crippen molar-refractivity contribution in [1.29, 1.82) is 0 Å². The van der Waals surface area contributed by atoms with E-state index in [1.807, 2.05) is 36.4 Å². The molecule has 3 aromatic rings. The summed E-state index contributed by atoms with van der Waals surface area (Å²) in [6.45, 7) is 0. The molecule has 5 heteroatoms. The minimum atomic E-state index is -1.05. The van der Waals surface area contributed by atoms with Crippen LogP contribution in [0.4, 0.5) is 5.69 Å². The Kier molecular flexibility index (Phi) is 3.50. The van der Waals surface area contributed by atoms with E-state index >= 15 is 0 Å². The van der Waals surface area contributed by atoms with Gasteiger partial charge in [-0.25, -0.2) is 9.78 Å². The number of hydrogen-bond acceptors (Lipinski definition) is 4. The number of benzene rings is 2. The number of nitrogens with two attached hydrogens (primary N) is 1. The fourth-order valence-electron chi connectivity index (χ4n) is 2.04. The Morgan fingerprint density at radius 3 is 2.62 bits per heavy atom. The predicted octanol–water partition coefficient (Wildman–Crippen LogP) is 3.67. The zero-order valence-corrected chi connectivity index (χ0v) is 11.8. The highest BCUT2D eigenvalue weighted by Crippen LogP contribution is 2.30. The molecule has 3 N–H and O–H groups in total. The number of aromatic nitrogens is 1. The summed E-state index contributed by atoms with van der Waals surface area (Å²) in [5.41, 5.74) is 5.85. The summed E-state index contributed by atoms with van der Waals surface area (Å²) in [6, 6.07) is 15.7. The third kappa shape index (κ3) is 2.83. The van der Waals surface area contributed by atoms with Crippen LogP contribution in [0.5, 0.6) is 0 Å². The lowest BCUT2D eigenvalue weighted by Crippen LogP contribution is -2.03. The number of fused-ring (bicyclic) bond motifs is 1. The van der Waals surface area contributed by atoms with Crippen molar-refractivity contribution in [1.82, 2.24) is 4.98 Å². The molecule has 1 aromatic heterocycles. The molecule has 104 valence electrons. The van der Waals surface area contributed by atoms with E-state index in [1.54, 1.807) is 0 Å². The molecule has 21 heavy (non-hydrogen) atoms. The first kappa shape index (κ1) is 13.5. The molecule has 0 radical (unpaired) electrons. The van der Waals surface area contributed by atoms with Crippen molar-refractivity contribution in [2.75, 3.05) is 5.73 Å². The molecule has 0 unspecified atom stereocenters. The first-order chi connectivity index (χ1) is 10.1. The topological polar surface area (TPSA) is 76.2 Å². The lowest BCUT2D eigenvalue weighted by atomic mass is 10.1. The van der Waals surface area contributed by atoms with Crippen molar-refractivity contribution >= 4 is 34.2 Å². The van der Waals surface area contributed by atoms with Crippen LogP contribution in [0.15, 0.2) is 64.6 Å². The van der Waals surface area contributed by atoms with E-state index in [2.05, 4.69) is 11.1 Å². The van der Waals surface area contributed by atoms with Crippen LogP contribution in [0.25, 0.3) is 10.8 Å². The third-order valence-corrected chi connectivity index (χ3v) is 4.01. The molecule has 1 heterocycles. The molecular weight excluding hydrogens is 284 g/mol. The normalized spacial score (nSPS) is 10.7. The van der Waals surface area contributed by atoms with Crippen molar-refractivity contribution < 1.29 is 9.90 Å². The molecule has 0 fully saturated rings. The van der Waals surface area contributed by atoms with E-state index in [0.29, 0.717) is 5.03 Å². The molecule has 0 atom stereocenters. The number of hydrogen-bond donors (Lipinski definition) is 2. The van der Waals surface area contributed by atoms with Gasteiger partial charge in [0, 0.05) is 4.90 Å². The summed E-state index contributed by atoms with van der Waals surface area (Å²) >= 11 is 1.41. The number of rotatable bonds is 3. The van der Waals surface area contributed by atoms with Crippen molar-refractivity contribution in [3.63, 3.8) is 0 Å². The maximum Gasteiger partial charge on any atom is 0.337 e. The number of aromatic carboxylic acids is 1. The zero-order valence-electron chi connectivity index (χ0n) is 11.0. The van der Waals surface area contributed by atoms with Crippen LogP contribution in [-0.2, 0) is 0 Å². The van der Waals surface area contributed by atoms with Gasteiger partial charge in [-0.05, 0) is 29.0 Å². The summed E-state index contributed by atoms with van der Waals surface area (Å²) in [5, 5.41) is 12.0. The molecule has 0 aliphatic rings. The summed E-state index contributed by atoms with van der Waals surface area (Å²) < 4.78 is 0. The Labute approximate surface area is 125 Å². The number of carboxylic acids is 1. The minimum Gasteiger partial charge on any atom is -0.478 e. The monoisotopic (exact) mass is 296 g/mol. The lowest BCUT2D eigenvalue weighted by Gasteiger charge is -2.05. The van der Waals surface area contributed by atoms with Crippen molar-refractivity contribution in [2.24, 2.45) is 0 Å². The standard InChI is InChI=1S/C16H12N2O2S/c17-14-9-18-15(8-13(14)16(19)20)21-12-6-5-10-3-1-2-4-11(10)7-12/h1-9H,17H2,(H,19,20). The van der Waals surface area contributed by atoms with E-state index in [4.69, 9.17) is 10.8 Å². The van der Waals surface area contributed by atoms with Crippen LogP contribution in [-0.4, -0.2) is 16.1 Å². The Hall–Kier alpha value is -2.53. The van der Waals surface area contributed by atoms with E-state index < -0.39 is 5.97 Å². The predicted molar refractivity (Wildman–Crippen MR) is 83.7 cm³/mol. The number of carboxylic acid groups (broad SMARTS) is 1. The highest BCUT2D eigenvalue weighted by Gasteiger charge is 2.10. The van der Waals surface area contributed by atoms with E-state index in [0.717, 1.165) is 10.3 Å². The molecule has 3 rings (SSSR count). The maximum absolute atomic E-state index is 11.1. The first-order valence-electron chi connectivity index (χ1n) is 6.29. The molecule has 0 saturated heterocycles. The van der Waals surface area contributed by atoms with Crippen molar-refractivity contribution in [3.05, 3.63) is 60.3 Å². The smallest absolute Gasteiger partial charge is 0.337 e. The Balaban J connectivity index is 1.94. The Bertz CT molecular complexity index is 833. The Morgan fingerprint density at radius 2 is 1.86 bits per heavy atom. The number of carbonyl (C=O) groups is 1. The average molecular weight is 296 g/mol. The van der Waals surface area contributed by atoms with Crippen LogP contribution in [0, 0.1) is 0 Å². The first-order valence-corrected chi connectivity index (χ1v) is 7.10. The second-order valence-electron chi connectivity index (χ2n) is 4.53. The fraction of sp³-hybridized carbons (Fsp3) is 0. The van der Waals surface area contributed by atoms with Gasteiger partial charge in [-0.3, -0.25) is 0 Å². The van der Waals surface area contributed by atoms with Gasteiger partial charge in [-0.1, -0.05) is 42.1 Å². The summed E-state index contributed by atoms with van der Waals surface area (Å²) in [4.78, 5) is 16.3. The van der Waals surface area contributed by atoms with E-state index in [9.17, 15) is 4.79 Å². The number of nitrogens with zero attached hydrogens (tertiary/aromatic N) is 1. The van der Waals surface area contributed by atoms with Gasteiger partial charge >= 0.3 is 5.97 Å². The molecule has 0 saturated carbocycles. The molecular formula is C16H12N2O2S. The van der Waals surface area contributed by atoms with Crippen LogP contribution in [0.1, 0.15) is 10.4 Å². The zero-order chi connectivity index (χ0) is 14.8. The van der Waals surface area contributed by atoms with Gasteiger partial charge in [0.1, 0.15) is 5.03 Å². The molecule has 0 amide bonds. The van der Waals surface area contributed by atoms with E-state index in [1.165, 1.54) is 29.4 Å². The number of anilines is 1. The van der Waals surface area contributed by atoms with Gasteiger partial charge in [-0.2, -0.15) is 0 Å². The average Bonchev–Trinajstić information content (AvgIpc) is 2.49. The molecule has 4 nitrogen and oxygen atoms in total. The second-order valence-corrected chi connectivity index (χ2v) is 5.62. The van der Waals surface area contributed by atoms with Gasteiger partial charge in [0.05, 0.1) is 17.4 Å². The number of nitrogen functional groups attached to an aromatic ring is 1. The quantitative estimate of drug-likeness (QED) is 0.771. The summed E-state index contributed by atoms with van der Waals surface area (Å²) in [7, 11) is 0. The molecule has 0 aliphatic carbocycles. The third-order valence-electron chi connectivity index (χ3n) is 3.08. The molecule has 0 aliphatic heterocycles. The van der Waals surface area contributed by atoms with Crippen molar-refractivity contribution in [2.45, 2.75) is 9.92 Å². The van der Waals surface area contributed by atoms with E-state index in [-0.39, 0.29) is 11.3 Å². The van der Waals surface area contributed by atoms with Crippen LogP contribution in [0.2, 0.25) is 0 Å². The lowest BCUT2D eigenvalue weighted by molar-refractivity contribution is 0.0697. The SMILES string of the molecule is Nc1cnc(Sc2ccc3ccccc3c2)cc1C(=O)O. The largest absolute Gasteiger partial charge is 0.478 e. The highest BCUT2D eigenvalue weighted by molar-refractivity contribution is 7.99. The number of pyridine rings is 1. The van der Waals surface area contributed by atoms with Gasteiger partial charge in [0.2, 0.25) is 0 Å². The van der Waals surface area contributed by atoms with Gasteiger partial charge in [0.15, 0.2) is 0 Å². The molecule has 0 bridgehead atoms. The van der Waals surface area contributed by atoms with Crippen LogP contribution in [0.3, 0.4) is 0 Å². The Morgan fingerprint density at radius 1 is 1.10 bits per heavy atom. The fourth-order valence-corrected chi connectivity index (χ4v) is 2.89. The summed E-state index contributed by atoms with van der Waals surface area (Å²) in [5.74, 6) is -1.05. The van der Waals surface area contributed by atoms with Crippen LogP contribution >= 0.6 is 11.8 Å². The molecule has 0 spiro atoms. The molecule has 2 aromatic carbocycles. The minimum absolute atomic E-state index is 0.0771. The summed E-state index contributed by atoms with van der Waals surface area (Å²) in [6.07, 6.45) is 1.38. The maximum atomic E-state index is 11.1.